The summed E-state index contributed by atoms with van der Waals surface area (Å²) < 4.78 is 31.9. The molecule has 10 heteroatoms. The molecular formula is C22H23Cl2N3O4S. The first kappa shape index (κ1) is 24.3. The average Bonchev–Trinajstić information content (AvgIpc) is 2.70. The van der Waals surface area contributed by atoms with Crippen LogP contribution in [0, 0.1) is 20.8 Å². The number of amides is 1. The Bertz CT molecular complexity index is 1320. The first-order chi connectivity index (χ1) is 14.9. The molecular weight excluding hydrogens is 473 g/mol. The normalized spacial score (nSPS) is 11.8. The first-order valence-corrected chi connectivity index (χ1v) is 11.8. The minimum Gasteiger partial charge on any atom is -0.480 e. The lowest BCUT2D eigenvalue weighted by Gasteiger charge is -2.17. The van der Waals surface area contributed by atoms with Gasteiger partial charge < -0.3 is 10.1 Å². The van der Waals surface area contributed by atoms with Gasteiger partial charge in [-0.3, -0.25) is 4.79 Å². The Labute approximate surface area is 197 Å². The molecule has 0 unspecified atom stereocenters. The highest BCUT2D eigenvalue weighted by atomic mass is 35.5. The Morgan fingerprint density at radius 3 is 2.44 bits per heavy atom. The second kappa shape index (κ2) is 9.23. The summed E-state index contributed by atoms with van der Waals surface area (Å²) in [6.07, 6.45) is 0. The summed E-state index contributed by atoms with van der Waals surface area (Å²) in [5.41, 5.74) is 3.08. The SMILES string of the molecule is Cc1ccc2c(Cl)cc(Cl)c(OCC(=O)Nc3cc(S(=O)(=O)N(C)C)cc(C)c3C)c2n1. The number of fused-ring (bicyclic) bond motifs is 1. The van der Waals surface area contributed by atoms with Crippen LogP contribution in [-0.4, -0.2) is 44.3 Å². The Morgan fingerprint density at radius 1 is 1.09 bits per heavy atom. The lowest BCUT2D eigenvalue weighted by atomic mass is 10.1. The third-order valence-corrected chi connectivity index (χ3v) is 7.40. The van der Waals surface area contributed by atoms with Crippen molar-refractivity contribution in [3.05, 3.63) is 57.2 Å². The average molecular weight is 496 g/mol. The number of sulfonamides is 1. The number of nitrogens with zero attached hydrogens (tertiary/aromatic N) is 2. The number of pyridine rings is 1. The number of anilines is 1. The maximum absolute atomic E-state index is 12.6. The lowest BCUT2D eigenvalue weighted by molar-refractivity contribution is -0.118. The molecule has 0 atom stereocenters. The van der Waals surface area contributed by atoms with E-state index in [4.69, 9.17) is 27.9 Å². The van der Waals surface area contributed by atoms with Crippen LogP contribution < -0.4 is 10.1 Å². The molecule has 32 heavy (non-hydrogen) atoms. The Morgan fingerprint density at radius 2 is 1.78 bits per heavy atom. The maximum Gasteiger partial charge on any atom is 0.262 e. The molecule has 1 aromatic heterocycles. The number of hydrogen-bond acceptors (Lipinski definition) is 5. The Balaban J connectivity index is 1.87. The van der Waals surface area contributed by atoms with Gasteiger partial charge in [-0.15, -0.1) is 0 Å². The molecule has 2 aromatic carbocycles. The summed E-state index contributed by atoms with van der Waals surface area (Å²) in [4.78, 5) is 17.2. The third kappa shape index (κ3) is 4.83. The van der Waals surface area contributed by atoms with Crippen LogP contribution in [0.4, 0.5) is 5.69 Å². The summed E-state index contributed by atoms with van der Waals surface area (Å²) in [6.45, 7) is 5.05. The highest BCUT2D eigenvalue weighted by Gasteiger charge is 2.21. The van der Waals surface area contributed by atoms with E-state index in [0.29, 0.717) is 21.6 Å². The van der Waals surface area contributed by atoms with Gasteiger partial charge in [-0.25, -0.2) is 17.7 Å². The van der Waals surface area contributed by atoms with Crippen LogP contribution in [0.2, 0.25) is 10.0 Å². The predicted molar refractivity (Wildman–Crippen MR) is 127 cm³/mol. The number of aromatic nitrogens is 1. The van der Waals surface area contributed by atoms with Gasteiger partial charge in [0.05, 0.1) is 14.9 Å². The van der Waals surface area contributed by atoms with Gasteiger partial charge in [-0.1, -0.05) is 23.2 Å². The summed E-state index contributed by atoms with van der Waals surface area (Å²) >= 11 is 12.5. The number of rotatable bonds is 6. The van der Waals surface area contributed by atoms with Gasteiger partial charge in [0.1, 0.15) is 5.52 Å². The topological polar surface area (TPSA) is 88.6 Å². The van der Waals surface area contributed by atoms with Crippen molar-refractivity contribution in [1.82, 2.24) is 9.29 Å². The van der Waals surface area contributed by atoms with Gasteiger partial charge in [-0.05, 0) is 62.2 Å². The summed E-state index contributed by atoms with van der Waals surface area (Å²) in [5, 5.41) is 4.05. The molecule has 1 amide bonds. The van der Waals surface area contributed by atoms with Crippen LogP contribution in [-0.2, 0) is 14.8 Å². The molecule has 0 bridgehead atoms. The van der Waals surface area contributed by atoms with E-state index in [1.165, 1.54) is 20.2 Å². The van der Waals surface area contributed by atoms with E-state index in [2.05, 4.69) is 10.3 Å². The van der Waals surface area contributed by atoms with E-state index in [-0.39, 0.29) is 22.3 Å². The summed E-state index contributed by atoms with van der Waals surface area (Å²) in [6, 6.07) is 8.18. The van der Waals surface area contributed by atoms with Gasteiger partial charge in [0.2, 0.25) is 10.0 Å². The van der Waals surface area contributed by atoms with Crippen molar-refractivity contribution in [2.24, 2.45) is 0 Å². The van der Waals surface area contributed by atoms with Crippen molar-refractivity contribution in [2.45, 2.75) is 25.7 Å². The molecule has 0 aliphatic heterocycles. The van der Waals surface area contributed by atoms with Crippen molar-refractivity contribution < 1.29 is 17.9 Å². The molecule has 0 aliphatic rings. The van der Waals surface area contributed by atoms with Crippen LogP contribution >= 0.6 is 23.2 Å². The van der Waals surface area contributed by atoms with E-state index >= 15 is 0 Å². The largest absolute Gasteiger partial charge is 0.480 e. The van der Waals surface area contributed by atoms with Gasteiger partial charge in [-0.2, -0.15) is 0 Å². The zero-order valence-corrected chi connectivity index (χ0v) is 20.6. The molecule has 0 aliphatic carbocycles. The van der Waals surface area contributed by atoms with E-state index in [1.54, 1.807) is 26.0 Å². The molecule has 170 valence electrons. The van der Waals surface area contributed by atoms with E-state index in [1.807, 2.05) is 19.1 Å². The van der Waals surface area contributed by atoms with Crippen molar-refractivity contribution in [1.29, 1.82) is 0 Å². The van der Waals surface area contributed by atoms with Gasteiger partial charge in [0, 0.05) is 30.9 Å². The van der Waals surface area contributed by atoms with Crippen LogP contribution in [0.3, 0.4) is 0 Å². The summed E-state index contributed by atoms with van der Waals surface area (Å²) in [7, 11) is -0.753. The number of ether oxygens (including phenoxy) is 1. The highest BCUT2D eigenvalue weighted by Crippen LogP contribution is 2.37. The maximum atomic E-state index is 12.6. The number of carbonyl (C=O) groups is 1. The molecule has 3 aromatic rings. The fourth-order valence-corrected chi connectivity index (χ4v) is 4.65. The Kier molecular flexibility index (Phi) is 7.00. The molecule has 7 nitrogen and oxygen atoms in total. The molecule has 0 saturated carbocycles. The number of halogens is 2. The molecule has 0 saturated heterocycles. The van der Waals surface area contributed by atoms with E-state index < -0.39 is 15.9 Å². The van der Waals surface area contributed by atoms with Crippen LogP contribution in [0.5, 0.6) is 5.75 Å². The van der Waals surface area contributed by atoms with Crippen LogP contribution in [0.25, 0.3) is 10.9 Å². The van der Waals surface area contributed by atoms with Gasteiger partial charge in [0.15, 0.2) is 12.4 Å². The molecule has 0 fully saturated rings. The molecule has 1 N–H and O–H groups in total. The van der Waals surface area contributed by atoms with Crippen molar-refractivity contribution in [2.75, 3.05) is 26.0 Å². The zero-order valence-electron chi connectivity index (χ0n) is 18.3. The number of nitrogens with one attached hydrogen (secondary N) is 1. The second-order valence-electron chi connectivity index (χ2n) is 7.56. The zero-order chi connectivity index (χ0) is 23.8. The van der Waals surface area contributed by atoms with E-state index in [0.717, 1.165) is 21.1 Å². The number of carbonyl (C=O) groups excluding carboxylic acids is 1. The fraction of sp³-hybridized carbons (Fsp3) is 0.273. The van der Waals surface area contributed by atoms with E-state index in [9.17, 15) is 13.2 Å². The molecule has 3 rings (SSSR count). The first-order valence-electron chi connectivity index (χ1n) is 9.63. The van der Waals surface area contributed by atoms with Gasteiger partial charge in [0.25, 0.3) is 5.91 Å². The smallest absolute Gasteiger partial charge is 0.262 e. The molecule has 0 radical (unpaired) electrons. The molecule has 1 heterocycles. The third-order valence-electron chi connectivity index (χ3n) is 5.02. The second-order valence-corrected chi connectivity index (χ2v) is 10.5. The van der Waals surface area contributed by atoms with Crippen LogP contribution in [0.1, 0.15) is 16.8 Å². The quantitative estimate of drug-likeness (QED) is 0.533. The highest BCUT2D eigenvalue weighted by molar-refractivity contribution is 7.89. The van der Waals surface area contributed by atoms with Crippen molar-refractivity contribution >= 4 is 55.7 Å². The number of hydrogen-bond donors (Lipinski definition) is 1. The Hall–Kier alpha value is -2.39. The number of benzene rings is 2. The minimum atomic E-state index is -3.66. The monoisotopic (exact) mass is 495 g/mol. The van der Waals surface area contributed by atoms with Crippen molar-refractivity contribution in [3.63, 3.8) is 0 Å². The fourth-order valence-electron chi connectivity index (χ4n) is 3.07. The minimum absolute atomic E-state index is 0.0910. The van der Waals surface area contributed by atoms with Crippen molar-refractivity contribution in [3.8, 4) is 5.75 Å². The number of aryl methyl sites for hydroxylation is 2. The van der Waals surface area contributed by atoms with Crippen LogP contribution in [0.15, 0.2) is 35.2 Å². The lowest BCUT2D eigenvalue weighted by Crippen LogP contribution is -2.24. The summed E-state index contributed by atoms with van der Waals surface area (Å²) in [5.74, 6) is -0.222. The molecule has 0 spiro atoms. The van der Waals surface area contributed by atoms with Gasteiger partial charge >= 0.3 is 0 Å². The predicted octanol–water partition coefficient (Wildman–Crippen LogP) is 4.73. The standard InChI is InChI=1S/C22H23Cl2N3O4S/c1-12-8-15(32(29,30)27(4)5)9-19(14(12)3)26-20(28)11-31-22-18(24)10-17(23)16-7-6-13(2)25-21(16)22/h6-10H,11H2,1-5H3,(H,26,28).